The maximum absolute atomic E-state index is 3.50. The number of hydrogen-bond acceptors (Lipinski definition) is 0. The first-order valence-electron chi connectivity index (χ1n) is 7.76. The predicted molar refractivity (Wildman–Crippen MR) is 93.9 cm³/mol. The molecule has 1 aromatic heterocycles. The van der Waals surface area contributed by atoms with Crippen LogP contribution < -0.4 is 21.5 Å². The molecule has 0 radical (unpaired) electrons. The van der Waals surface area contributed by atoms with Crippen molar-refractivity contribution in [2.75, 3.05) is 5.33 Å². The van der Waals surface area contributed by atoms with E-state index in [0.717, 1.165) is 11.9 Å². The second kappa shape index (κ2) is 8.64. The summed E-state index contributed by atoms with van der Waals surface area (Å²) in [6.45, 7) is 1.10. The van der Waals surface area contributed by atoms with E-state index < -0.39 is 0 Å². The minimum Gasteiger partial charge on any atom is -1.00 e. The predicted octanol–water partition coefficient (Wildman–Crippen LogP) is 2.24. The number of halogens is 2. The molecule has 0 aliphatic rings. The molecule has 0 amide bonds. The number of nitrogens with zero attached hydrogens (tertiary/aromatic N) is 1. The van der Waals surface area contributed by atoms with E-state index in [1.165, 1.54) is 47.4 Å². The molecule has 0 N–H and O–H groups in total. The number of alkyl halides is 1. The Labute approximate surface area is 151 Å². The van der Waals surface area contributed by atoms with Crippen LogP contribution in [0.1, 0.15) is 25.7 Å². The zero-order valence-corrected chi connectivity index (χ0v) is 15.8. The van der Waals surface area contributed by atoms with Crippen LogP contribution in [-0.4, -0.2) is 5.33 Å². The zero-order valence-electron chi connectivity index (χ0n) is 12.6. The minimum absolute atomic E-state index is 0. The molecular weight excluding hydrogens is 402 g/mol. The summed E-state index contributed by atoms with van der Waals surface area (Å²) in [4.78, 5) is 0. The molecule has 2 aromatic carbocycles. The summed E-state index contributed by atoms with van der Waals surface area (Å²) < 4.78 is 2.42. The molecule has 0 saturated heterocycles. The van der Waals surface area contributed by atoms with Gasteiger partial charge in [-0.05, 0) is 25.0 Å². The lowest BCUT2D eigenvalue weighted by atomic mass is 10.1. The van der Waals surface area contributed by atoms with E-state index in [9.17, 15) is 0 Å². The number of benzene rings is 2. The zero-order chi connectivity index (χ0) is 14.5. The molecule has 0 saturated carbocycles. The summed E-state index contributed by atoms with van der Waals surface area (Å²) >= 11 is 3.50. The molecule has 0 bridgehead atoms. The molecule has 22 heavy (non-hydrogen) atoms. The number of fused-ring (bicyclic) bond motifs is 3. The Bertz CT molecular complexity index is 740. The summed E-state index contributed by atoms with van der Waals surface area (Å²) in [5.41, 5.74) is 1.34. The van der Waals surface area contributed by atoms with Crippen LogP contribution in [0.15, 0.2) is 54.7 Å². The van der Waals surface area contributed by atoms with Crippen molar-refractivity contribution in [3.63, 3.8) is 0 Å². The number of aryl methyl sites for hydroxylation is 1. The Morgan fingerprint density at radius 1 is 0.773 bits per heavy atom. The molecule has 1 heterocycles. The second-order valence-corrected chi connectivity index (χ2v) is 6.32. The van der Waals surface area contributed by atoms with E-state index in [1.807, 2.05) is 0 Å². The van der Waals surface area contributed by atoms with E-state index in [1.54, 1.807) is 0 Å². The maximum atomic E-state index is 3.50. The van der Waals surface area contributed by atoms with Crippen molar-refractivity contribution in [3.05, 3.63) is 54.7 Å². The molecule has 0 aliphatic carbocycles. The standard InChI is InChI=1S/C19H21BrN.BrH/c20-13-7-1-2-8-14-21-15-16-9-3-4-10-17(16)18-11-5-6-12-19(18)21;/h3-6,9-12,15H,1-2,7-8,13-14H2;1H/q+1;/p-1. The molecular formula is C19H21Br2N. The Hall–Kier alpha value is -0.930. The fourth-order valence-electron chi connectivity index (χ4n) is 2.96. The monoisotopic (exact) mass is 421 g/mol. The molecule has 3 aromatic rings. The van der Waals surface area contributed by atoms with Gasteiger partial charge in [0, 0.05) is 28.6 Å². The van der Waals surface area contributed by atoms with Gasteiger partial charge in [-0.25, -0.2) is 0 Å². The lowest BCUT2D eigenvalue weighted by Gasteiger charge is -2.05. The van der Waals surface area contributed by atoms with Crippen molar-refractivity contribution >= 4 is 37.6 Å². The smallest absolute Gasteiger partial charge is 0.213 e. The molecule has 0 unspecified atom stereocenters. The van der Waals surface area contributed by atoms with Crippen LogP contribution in [0.2, 0.25) is 0 Å². The minimum atomic E-state index is 0. The second-order valence-electron chi connectivity index (χ2n) is 5.53. The highest BCUT2D eigenvalue weighted by atomic mass is 79.9. The van der Waals surface area contributed by atoms with Gasteiger partial charge in [-0.3, -0.25) is 0 Å². The third kappa shape index (κ3) is 3.88. The molecule has 116 valence electrons. The van der Waals surface area contributed by atoms with E-state index in [0.29, 0.717) is 0 Å². The van der Waals surface area contributed by atoms with Crippen molar-refractivity contribution in [1.82, 2.24) is 0 Å². The van der Waals surface area contributed by atoms with Crippen LogP contribution in [0.5, 0.6) is 0 Å². The number of pyridine rings is 1. The molecule has 0 fully saturated rings. The number of para-hydroxylation sites is 1. The highest BCUT2D eigenvalue weighted by molar-refractivity contribution is 9.09. The summed E-state index contributed by atoms with van der Waals surface area (Å²) in [6.07, 6.45) is 7.46. The van der Waals surface area contributed by atoms with Crippen LogP contribution in [0, 0.1) is 0 Å². The van der Waals surface area contributed by atoms with Gasteiger partial charge in [0.25, 0.3) is 0 Å². The maximum Gasteiger partial charge on any atom is 0.213 e. The fourth-order valence-corrected chi connectivity index (χ4v) is 3.36. The van der Waals surface area contributed by atoms with Gasteiger partial charge < -0.3 is 17.0 Å². The Morgan fingerprint density at radius 3 is 2.27 bits per heavy atom. The van der Waals surface area contributed by atoms with Crippen LogP contribution in [0.3, 0.4) is 0 Å². The number of hydrogen-bond donors (Lipinski definition) is 0. The largest absolute Gasteiger partial charge is 1.00 e. The van der Waals surface area contributed by atoms with Crippen molar-refractivity contribution in [2.45, 2.75) is 32.2 Å². The van der Waals surface area contributed by atoms with Crippen LogP contribution in [0.4, 0.5) is 0 Å². The topological polar surface area (TPSA) is 3.88 Å². The SMILES string of the molecule is BrCCCCCC[n+]1cc2ccccc2c2ccccc21.[Br-]. The van der Waals surface area contributed by atoms with Crippen molar-refractivity contribution in [2.24, 2.45) is 0 Å². The molecule has 3 rings (SSSR count). The Kier molecular flexibility index (Phi) is 6.84. The van der Waals surface area contributed by atoms with Gasteiger partial charge in [0.15, 0.2) is 6.20 Å². The van der Waals surface area contributed by atoms with Gasteiger partial charge in [0.05, 0.1) is 5.39 Å². The summed E-state index contributed by atoms with van der Waals surface area (Å²) in [5.74, 6) is 0. The van der Waals surface area contributed by atoms with Crippen molar-refractivity contribution in [3.8, 4) is 0 Å². The first-order chi connectivity index (χ1) is 10.4. The van der Waals surface area contributed by atoms with E-state index in [-0.39, 0.29) is 17.0 Å². The average Bonchev–Trinajstić information content (AvgIpc) is 2.54. The van der Waals surface area contributed by atoms with Gasteiger partial charge in [0.1, 0.15) is 6.54 Å². The molecule has 0 atom stereocenters. The van der Waals surface area contributed by atoms with Gasteiger partial charge >= 0.3 is 0 Å². The summed E-state index contributed by atoms with van der Waals surface area (Å²) in [6, 6.07) is 17.4. The number of unbranched alkanes of at least 4 members (excludes halogenated alkanes) is 3. The van der Waals surface area contributed by atoms with Crippen molar-refractivity contribution in [1.29, 1.82) is 0 Å². The normalized spacial score (nSPS) is 10.8. The molecule has 0 spiro atoms. The van der Waals surface area contributed by atoms with Gasteiger partial charge in [-0.1, -0.05) is 52.7 Å². The van der Waals surface area contributed by atoms with Crippen LogP contribution >= 0.6 is 15.9 Å². The highest BCUT2D eigenvalue weighted by Crippen LogP contribution is 2.22. The van der Waals surface area contributed by atoms with Gasteiger partial charge in [-0.15, -0.1) is 0 Å². The number of aromatic nitrogens is 1. The van der Waals surface area contributed by atoms with Crippen LogP contribution in [-0.2, 0) is 6.54 Å². The summed E-state index contributed by atoms with van der Waals surface area (Å²) in [7, 11) is 0. The lowest BCUT2D eigenvalue weighted by molar-refractivity contribution is -0.670. The summed E-state index contributed by atoms with van der Waals surface area (Å²) in [5, 5.41) is 5.16. The van der Waals surface area contributed by atoms with E-state index in [4.69, 9.17) is 0 Å². The Balaban J connectivity index is 0.00000176. The van der Waals surface area contributed by atoms with Crippen molar-refractivity contribution < 1.29 is 21.5 Å². The van der Waals surface area contributed by atoms with Gasteiger partial charge in [-0.2, -0.15) is 4.57 Å². The highest BCUT2D eigenvalue weighted by Gasteiger charge is 2.11. The Morgan fingerprint density at radius 2 is 1.45 bits per heavy atom. The quantitative estimate of drug-likeness (QED) is 0.248. The lowest BCUT2D eigenvalue weighted by Crippen LogP contribution is -3.00. The molecule has 3 heteroatoms. The molecule has 0 aliphatic heterocycles. The average molecular weight is 423 g/mol. The van der Waals surface area contributed by atoms with E-state index >= 15 is 0 Å². The third-order valence-electron chi connectivity index (χ3n) is 4.04. The number of rotatable bonds is 6. The first-order valence-corrected chi connectivity index (χ1v) is 8.88. The fraction of sp³-hybridized carbons (Fsp3) is 0.316. The molecule has 1 nitrogen and oxygen atoms in total. The van der Waals surface area contributed by atoms with Crippen LogP contribution in [0.25, 0.3) is 21.7 Å². The van der Waals surface area contributed by atoms with Gasteiger partial charge in [0.2, 0.25) is 5.52 Å². The first kappa shape index (κ1) is 17.4. The van der Waals surface area contributed by atoms with E-state index in [2.05, 4.69) is 75.2 Å². The third-order valence-corrected chi connectivity index (χ3v) is 4.60.